The summed E-state index contributed by atoms with van der Waals surface area (Å²) in [5, 5.41) is 7.11. The number of nitrogens with zero attached hydrogens (tertiary/aromatic N) is 4. The Morgan fingerprint density at radius 3 is 3.05 bits per heavy atom. The number of fused-ring (bicyclic) bond motifs is 1. The molecule has 0 fully saturated rings. The first-order valence-electron chi connectivity index (χ1n) is 6.91. The van der Waals surface area contributed by atoms with Crippen LogP contribution in [0.25, 0.3) is 5.65 Å². The Balaban J connectivity index is 1.58. The van der Waals surface area contributed by atoms with E-state index in [9.17, 15) is 4.79 Å². The zero-order chi connectivity index (χ0) is 14.7. The van der Waals surface area contributed by atoms with Gasteiger partial charge in [0.05, 0.1) is 0 Å². The number of hydrogen-bond acceptors (Lipinski definition) is 3. The summed E-state index contributed by atoms with van der Waals surface area (Å²) in [7, 11) is 0. The summed E-state index contributed by atoms with van der Waals surface area (Å²) < 4.78 is 3.74. The fraction of sp³-hybridized carbons (Fsp3) is 0.267. The number of nitrogens with one attached hydrogen (secondary N) is 1. The summed E-state index contributed by atoms with van der Waals surface area (Å²) >= 11 is 0. The molecule has 0 aliphatic carbocycles. The van der Waals surface area contributed by atoms with E-state index in [0.717, 1.165) is 12.2 Å². The molecule has 0 saturated heterocycles. The standard InChI is InChI=1S/C15H17N5O/c1-12(11-20-6-2-4-18-20)10-17-15(21)13-3-7-19-8-5-16-14(19)9-13/h2-9,12H,10-11H2,1H3,(H,17,21)/t12-/m0/s1. The van der Waals surface area contributed by atoms with Gasteiger partial charge in [0.25, 0.3) is 5.91 Å². The van der Waals surface area contributed by atoms with Crippen LogP contribution in [-0.4, -0.2) is 31.6 Å². The Morgan fingerprint density at radius 2 is 2.24 bits per heavy atom. The highest BCUT2D eigenvalue weighted by molar-refractivity contribution is 5.94. The van der Waals surface area contributed by atoms with Crippen LogP contribution < -0.4 is 5.32 Å². The van der Waals surface area contributed by atoms with Gasteiger partial charge in [0, 0.05) is 49.6 Å². The molecule has 1 amide bonds. The summed E-state index contributed by atoms with van der Waals surface area (Å²) in [5.74, 6) is 0.233. The van der Waals surface area contributed by atoms with Crippen molar-refractivity contribution in [1.29, 1.82) is 0 Å². The Morgan fingerprint density at radius 1 is 1.33 bits per heavy atom. The molecule has 3 aromatic heterocycles. The van der Waals surface area contributed by atoms with E-state index in [1.807, 2.05) is 33.7 Å². The van der Waals surface area contributed by atoms with E-state index in [4.69, 9.17) is 0 Å². The zero-order valence-corrected chi connectivity index (χ0v) is 11.8. The van der Waals surface area contributed by atoms with E-state index in [-0.39, 0.29) is 5.91 Å². The quantitative estimate of drug-likeness (QED) is 0.773. The van der Waals surface area contributed by atoms with Crippen LogP contribution >= 0.6 is 0 Å². The van der Waals surface area contributed by atoms with E-state index in [2.05, 4.69) is 22.3 Å². The molecule has 6 heteroatoms. The smallest absolute Gasteiger partial charge is 0.251 e. The number of pyridine rings is 1. The van der Waals surface area contributed by atoms with Crippen molar-refractivity contribution in [3.05, 3.63) is 54.7 Å². The molecule has 0 radical (unpaired) electrons. The summed E-state index contributed by atoms with van der Waals surface area (Å²) in [5.41, 5.74) is 1.40. The molecule has 6 nitrogen and oxygen atoms in total. The largest absolute Gasteiger partial charge is 0.352 e. The second-order valence-corrected chi connectivity index (χ2v) is 5.15. The first-order chi connectivity index (χ1) is 10.2. The molecule has 108 valence electrons. The van der Waals surface area contributed by atoms with Crippen LogP contribution in [0.2, 0.25) is 0 Å². The Bertz CT molecular complexity index is 731. The maximum atomic E-state index is 12.1. The Hall–Kier alpha value is -2.63. The SMILES string of the molecule is C[C@@H](CNC(=O)c1ccn2ccnc2c1)Cn1cccn1. The maximum absolute atomic E-state index is 12.1. The molecule has 0 aliphatic heterocycles. The van der Waals surface area contributed by atoms with Gasteiger partial charge in [-0.25, -0.2) is 4.98 Å². The lowest BCUT2D eigenvalue weighted by Crippen LogP contribution is -2.30. The number of aromatic nitrogens is 4. The van der Waals surface area contributed by atoms with Crippen LogP contribution in [0.4, 0.5) is 0 Å². The Labute approximate surface area is 122 Å². The number of carbonyl (C=O) groups is 1. The summed E-state index contributed by atoms with van der Waals surface area (Å²) in [4.78, 5) is 16.3. The lowest BCUT2D eigenvalue weighted by Gasteiger charge is -2.12. The van der Waals surface area contributed by atoms with Crippen LogP contribution in [0.3, 0.4) is 0 Å². The van der Waals surface area contributed by atoms with Crippen LogP contribution in [0, 0.1) is 5.92 Å². The van der Waals surface area contributed by atoms with Crippen molar-refractivity contribution in [2.75, 3.05) is 6.54 Å². The number of hydrogen-bond donors (Lipinski definition) is 1. The minimum atomic E-state index is -0.0761. The zero-order valence-electron chi connectivity index (χ0n) is 11.8. The van der Waals surface area contributed by atoms with Crippen molar-refractivity contribution in [2.45, 2.75) is 13.5 Å². The van der Waals surface area contributed by atoms with Crippen LogP contribution in [0.1, 0.15) is 17.3 Å². The summed E-state index contributed by atoms with van der Waals surface area (Å²) in [6.07, 6.45) is 9.08. The van der Waals surface area contributed by atoms with E-state index in [1.54, 1.807) is 24.5 Å². The monoisotopic (exact) mass is 283 g/mol. The fourth-order valence-electron chi connectivity index (χ4n) is 2.21. The minimum absolute atomic E-state index is 0.0761. The molecule has 1 atom stereocenters. The average Bonchev–Trinajstić information content (AvgIpc) is 3.14. The second kappa shape index (κ2) is 5.78. The van der Waals surface area contributed by atoms with Gasteiger partial charge in [-0.3, -0.25) is 9.48 Å². The van der Waals surface area contributed by atoms with E-state index >= 15 is 0 Å². The van der Waals surface area contributed by atoms with Gasteiger partial charge < -0.3 is 9.72 Å². The predicted octanol–water partition coefficient (Wildman–Crippen LogP) is 1.60. The highest BCUT2D eigenvalue weighted by Gasteiger charge is 2.09. The number of amides is 1. The van der Waals surface area contributed by atoms with E-state index in [0.29, 0.717) is 18.0 Å². The minimum Gasteiger partial charge on any atom is -0.352 e. The van der Waals surface area contributed by atoms with Crippen molar-refractivity contribution in [3.63, 3.8) is 0 Å². The van der Waals surface area contributed by atoms with Gasteiger partial charge >= 0.3 is 0 Å². The molecular weight excluding hydrogens is 266 g/mol. The third-order valence-electron chi connectivity index (χ3n) is 3.33. The molecule has 3 aromatic rings. The summed E-state index contributed by atoms with van der Waals surface area (Å²) in [6, 6.07) is 5.47. The Kier molecular flexibility index (Phi) is 3.68. The van der Waals surface area contributed by atoms with Gasteiger partial charge in [0.15, 0.2) is 0 Å². The molecule has 0 bridgehead atoms. The third kappa shape index (κ3) is 3.10. The van der Waals surface area contributed by atoms with Crippen LogP contribution in [0.15, 0.2) is 49.2 Å². The molecule has 0 aromatic carbocycles. The third-order valence-corrected chi connectivity index (χ3v) is 3.33. The number of imidazole rings is 1. The van der Waals surface area contributed by atoms with Crippen LogP contribution in [0.5, 0.6) is 0 Å². The van der Waals surface area contributed by atoms with Crippen molar-refractivity contribution in [2.24, 2.45) is 5.92 Å². The number of rotatable bonds is 5. The summed E-state index contributed by atoms with van der Waals surface area (Å²) in [6.45, 7) is 3.48. The lowest BCUT2D eigenvalue weighted by molar-refractivity contribution is 0.0946. The first kappa shape index (κ1) is 13.4. The normalized spacial score (nSPS) is 12.4. The second-order valence-electron chi connectivity index (χ2n) is 5.15. The average molecular weight is 283 g/mol. The molecule has 21 heavy (non-hydrogen) atoms. The highest BCUT2D eigenvalue weighted by Crippen LogP contribution is 2.06. The molecule has 3 heterocycles. The molecular formula is C15H17N5O. The molecule has 1 N–H and O–H groups in total. The van der Waals surface area contributed by atoms with Gasteiger partial charge in [-0.15, -0.1) is 0 Å². The highest BCUT2D eigenvalue weighted by atomic mass is 16.1. The molecule has 0 unspecified atom stereocenters. The van der Waals surface area contributed by atoms with Gasteiger partial charge in [0.2, 0.25) is 0 Å². The molecule has 0 saturated carbocycles. The van der Waals surface area contributed by atoms with Gasteiger partial charge in [-0.1, -0.05) is 6.92 Å². The first-order valence-corrected chi connectivity index (χ1v) is 6.91. The maximum Gasteiger partial charge on any atom is 0.251 e. The predicted molar refractivity (Wildman–Crippen MR) is 78.9 cm³/mol. The fourth-order valence-corrected chi connectivity index (χ4v) is 2.21. The van der Waals surface area contributed by atoms with Crippen LogP contribution in [-0.2, 0) is 6.54 Å². The topological polar surface area (TPSA) is 64.2 Å². The van der Waals surface area contributed by atoms with Crippen molar-refractivity contribution in [3.8, 4) is 0 Å². The van der Waals surface area contributed by atoms with Gasteiger partial charge in [-0.2, -0.15) is 5.10 Å². The van der Waals surface area contributed by atoms with Crippen molar-refractivity contribution < 1.29 is 4.79 Å². The van der Waals surface area contributed by atoms with Gasteiger partial charge in [-0.05, 0) is 24.1 Å². The van der Waals surface area contributed by atoms with Gasteiger partial charge in [0.1, 0.15) is 5.65 Å². The molecule has 0 aliphatic rings. The molecule has 0 spiro atoms. The lowest BCUT2D eigenvalue weighted by atomic mass is 10.1. The van der Waals surface area contributed by atoms with Crippen molar-refractivity contribution >= 4 is 11.6 Å². The van der Waals surface area contributed by atoms with E-state index < -0.39 is 0 Å². The molecule has 3 rings (SSSR count). The van der Waals surface area contributed by atoms with Crippen molar-refractivity contribution in [1.82, 2.24) is 24.5 Å². The number of carbonyl (C=O) groups excluding carboxylic acids is 1. The van der Waals surface area contributed by atoms with E-state index in [1.165, 1.54) is 0 Å².